The van der Waals surface area contributed by atoms with Gasteiger partial charge < -0.3 is 21.5 Å². The standard InChI is InChI=1S/C14H16N4O3/c15-5-10-2-1-3-11(4-10)7-17-8-12(6-16)14(21)18-9-13(19)20/h1-4,8,17H,5,7,9,15H2,(H,18,21)(H,19,20)/b12-8-. The molecule has 0 aliphatic heterocycles. The zero-order valence-corrected chi connectivity index (χ0v) is 11.3. The zero-order valence-electron chi connectivity index (χ0n) is 11.3. The quantitative estimate of drug-likeness (QED) is 0.408. The van der Waals surface area contributed by atoms with E-state index in [2.05, 4.69) is 10.6 Å². The number of amides is 1. The Labute approximate surface area is 122 Å². The number of nitrogens with two attached hydrogens (primary N) is 1. The number of benzene rings is 1. The van der Waals surface area contributed by atoms with Gasteiger partial charge >= 0.3 is 5.97 Å². The number of hydrogen-bond acceptors (Lipinski definition) is 5. The topological polar surface area (TPSA) is 128 Å². The van der Waals surface area contributed by atoms with Gasteiger partial charge in [0.25, 0.3) is 5.91 Å². The number of nitriles is 1. The van der Waals surface area contributed by atoms with Crippen LogP contribution in [0.15, 0.2) is 36.0 Å². The molecule has 0 radical (unpaired) electrons. The fourth-order valence-electron chi connectivity index (χ4n) is 1.54. The van der Waals surface area contributed by atoms with Crippen molar-refractivity contribution in [1.82, 2.24) is 10.6 Å². The number of hydrogen-bond donors (Lipinski definition) is 4. The summed E-state index contributed by atoms with van der Waals surface area (Å²) in [5, 5.41) is 22.3. The number of nitrogens with zero attached hydrogens (tertiary/aromatic N) is 1. The average molecular weight is 288 g/mol. The van der Waals surface area contributed by atoms with Crippen molar-refractivity contribution in [2.75, 3.05) is 6.54 Å². The molecule has 0 heterocycles. The van der Waals surface area contributed by atoms with Gasteiger partial charge in [0.05, 0.1) is 0 Å². The Hall–Kier alpha value is -2.85. The molecular weight excluding hydrogens is 272 g/mol. The molecule has 0 unspecified atom stereocenters. The van der Waals surface area contributed by atoms with Gasteiger partial charge in [0.15, 0.2) is 0 Å². The second-order valence-electron chi connectivity index (χ2n) is 4.15. The second kappa shape index (κ2) is 8.35. The molecule has 1 aromatic rings. The maximum absolute atomic E-state index is 11.5. The number of carboxylic acid groups (broad SMARTS) is 1. The second-order valence-corrected chi connectivity index (χ2v) is 4.15. The summed E-state index contributed by atoms with van der Waals surface area (Å²) >= 11 is 0. The molecule has 0 atom stereocenters. The molecule has 0 aliphatic carbocycles. The maximum atomic E-state index is 11.5. The van der Waals surface area contributed by atoms with Crippen molar-refractivity contribution < 1.29 is 14.7 Å². The molecule has 7 nitrogen and oxygen atoms in total. The number of aliphatic carboxylic acids is 1. The van der Waals surface area contributed by atoms with Crippen LogP contribution in [0.25, 0.3) is 0 Å². The lowest BCUT2D eigenvalue weighted by Crippen LogP contribution is -2.30. The highest BCUT2D eigenvalue weighted by molar-refractivity contribution is 5.98. The number of nitrogens with one attached hydrogen (secondary N) is 2. The third-order valence-electron chi connectivity index (χ3n) is 2.54. The van der Waals surface area contributed by atoms with Gasteiger partial charge in [-0.15, -0.1) is 0 Å². The summed E-state index contributed by atoms with van der Waals surface area (Å²) in [6.45, 7) is 0.326. The molecule has 0 spiro atoms. The first-order chi connectivity index (χ1) is 10.1. The molecule has 0 bridgehead atoms. The highest BCUT2D eigenvalue weighted by atomic mass is 16.4. The summed E-state index contributed by atoms with van der Waals surface area (Å²) in [5.41, 5.74) is 7.29. The van der Waals surface area contributed by atoms with Crippen molar-refractivity contribution in [2.45, 2.75) is 13.1 Å². The van der Waals surface area contributed by atoms with E-state index in [1.54, 1.807) is 6.07 Å². The molecule has 7 heteroatoms. The minimum atomic E-state index is -1.17. The fraction of sp³-hybridized carbons (Fsp3) is 0.214. The van der Waals surface area contributed by atoms with Crippen LogP contribution >= 0.6 is 0 Å². The van der Waals surface area contributed by atoms with E-state index < -0.39 is 18.4 Å². The normalized spacial score (nSPS) is 10.6. The minimum absolute atomic E-state index is 0.189. The Morgan fingerprint density at radius 3 is 2.71 bits per heavy atom. The van der Waals surface area contributed by atoms with Gasteiger partial charge in [0.1, 0.15) is 18.2 Å². The summed E-state index contributed by atoms with van der Waals surface area (Å²) < 4.78 is 0. The van der Waals surface area contributed by atoms with Crippen LogP contribution in [0.2, 0.25) is 0 Å². The summed E-state index contributed by atoms with van der Waals surface area (Å²) in [6.07, 6.45) is 1.26. The lowest BCUT2D eigenvalue weighted by molar-refractivity contribution is -0.137. The third kappa shape index (κ3) is 5.76. The van der Waals surface area contributed by atoms with Crippen molar-refractivity contribution in [2.24, 2.45) is 5.73 Å². The van der Waals surface area contributed by atoms with Crippen LogP contribution in [-0.2, 0) is 22.7 Å². The molecular formula is C14H16N4O3. The average Bonchev–Trinajstić information content (AvgIpc) is 2.49. The summed E-state index contributed by atoms with van der Waals surface area (Å²) in [4.78, 5) is 21.8. The van der Waals surface area contributed by atoms with Crippen molar-refractivity contribution in [1.29, 1.82) is 5.26 Å². The molecule has 1 amide bonds. The Bertz CT molecular complexity index is 590. The van der Waals surface area contributed by atoms with Crippen molar-refractivity contribution in [3.63, 3.8) is 0 Å². The van der Waals surface area contributed by atoms with Crippen LogP contribution in [0.5, 0.6) is 0 Å². The molecule has 5 N–H and O–H groups in total. The fourth-order valence-corrected chi connectivity index (χ4v) is 1.54. The lowest BCUT2D eigenvalue weighted by atomic mass is 10.1. The highest BCUT2D eigenvalue weighted by Crippen LogP contribution is 2.04. The molecule has 0 fully saturated rings. The highest BCUT2D eigenvalue weighted by Gasteiger charge is 2.09. The summed E-state index contributed by atoms with van der Waals surface area (Å²) in [5.74, 6) is -1.91. The van der Waals surface area contributed by atoms with Crippen LogP contribution in [-0.4, -0.2) is 23.5 Å². The van der Waals surface area contributed by atoms with E-state index in [1.807, 2.05) is 24.3 Å². The zero-order chi connectivity index (χ0) is 15.7. The minimum Gasteiger partial charge on any atom is -0.480 e. The van der Waals surface area contributed by atoms with Crippen LogP contribution in [0.1, 0.15) is 11.1 Å². The van der Waals surface area contributed by atoms with Crippen LogP contribution in [0.4, 0.5) is 0 Å². The number of carbonyl (C=O) groups is 2. The van der Waals surface area contributed by atoms with E-state index in [-0.39, 0.29) is 5.57 Å². The Morgan fingerprint density at radius 2 is 2.10 bits per heavy atom. The lowest BCUT2D eigenvalue weighted by Gasteiger charge is -2.05. The number of carboxylic acids is 1. The van der Waals surface area contributed by atoms with Gasteiger partial charge in [-0.3, -0.25) is 9.59 Å². The molecule has 1 rings (SSSR count). The van der Waals surface area contributed by atoms with Gasteiger partial charge in [-0.05, 0) is 11.1 Å². The summed E-state index contributed by atoms with van der Waals surface area (Å²) in [7, 11) is 0. The number of carbonyl (C=O) groups excluding carboxylic acids is 1. The monoisotopic (exact) mass is 288 g/mol. The van der Waals surface area contributed by atoms with E-state index in [0.717, 1.165) is 11.1 Å². The number of rotatable bonds is 7. The van der Waals surface area contributed by atoms with E-state index >= 15 is 0 Å². The van der Waals surface area contributed by atoms with Gasteiger partial charge in [-0.25, -0.2) is 0 Å². The Kier molecular flexibility index (Phi) is 6.44. The van der Waals surface area contributed by atoms with Gasteiger partial charge in [-0.1, -0.05) is 24.3 Å². The Morgan fingerprint density at radius 1 is 1.38 bits per heavy atom. The van der Waals surface area contributed by atoms with Gasteiger partial charge in [0, 0.05) is 19.3 Å². The SMILES string of the molecule is N#C/C(=C/NCc1cccc(CN)c1)C(=O)NCC(=O)O. The van der Waals surface area contributed by atoms with Crippen molar-refractivity contribution >= 4 is 11.9 Å². The first kappa shape index (κ1) is 16.2. The van der Waals surface area contributed by atoms with Gasteiger partial charge in [0.2, 0.25) is 0 Å². The van der Waals surface area contributed by atoms with Crippen molar-refractivity contribution in [3.8, 4) is 6.07 Å². The molecule has 1 aromatic carbocycles. The Balaban J connectivity index is 2.58. The molecule has 21 heavy (non-hydrogen) atoms. The van der Waals surface area contributed by atoms with E-state index in [9.17, 15) is 9.59 Å². The predicted molar refractivity (Wildman–Crippen MR) is 75.5 cm³/mol. The third-order valence-corrected chi connectivity index (χ3v) is 2.54. The molecule has 0 aliphatic rings. The molecule has 0 saturated carbocycles. The van der Waals surface area contributed by atoms with E-state index in [4.69, 9.17) is 16.1 Å². The molecule has 0 aromatic heterocycles. The van der Waals surface area contributed by atoms with Crippen LogP contribution in [0.3, 0.4) is 0 Å². The predicted octanol–water partition coefficient (Wildman–Crippen LogP) is -0.157. The summed E-state index contributed by atoms with van der Waals surface area (Å²) in [6, 6.07) is 9.28. The van der Waals surface area contributed by atoms with E-state index in [0.29, 0.717) is 13.1 Å². The largest absolute Gasteiger partial charge is 0.480 e. The first-order valence-corrected chi connectivity index (χ1v) is 6.18. The molecule has 110 valence electrons. The van der Waals surface area contributed by atoms with Crippen LogP contribution < -0.4 is 16.4 Å². The van der Waals surface area contributed by atoms with E-state index in [1.165, 1.54) is 6.20 Å². The smallest absolute Gasteiger partial charge is 0.322 e. The van der Waals surface area contributed by atoms with Crippen molar-refractivity contribution in [3.05, 3.63) is 47.2 Å². The first-order valence-electron chi connectivity index (χ1n) is 6.18. The van der Waals surface area contributed by atoms with Gasteiger partial charge in [-0.2, -0.15) is 5.26 Å². The molecule has 0 saturated heterocycles. The maximum Gasteiger partial charge on any atom is 0.322 e. The van der Waals surface area contributed by atoms with Crippen LogP contribution in [0, 0.1) is 11.3 Å².